The lowest BCUT2D eigenvalue weighted by Gasteiger charge is -2.13. The first kappa shape index (κ1) is 16.8. The monoisotopic (exact) mass is 330 g/mol. The van der Waals surface area contributed by atoms with Gasteiger partial charge in [0.1, 0.15) is 0 Å². The fourth-order valence-corrected chi connectivity index (χ4v) is 2.64. The van der Waals surface area contributed by atoms with Crippen molar-refractivity contribution in [3.05, 3.63) is 90.0 Å². The van der Waals surface area contributed by atoms with Crippen molar-refractivity contribution < 1.29 is 4.79 Å². The van der Waals surface area contributed by atoms with E-state index in [1.807, 2.05) is 68.7 Å². The highest BCUT2D eigenvalue weighted by molar-refractivity contribution is 5.94. The molecule has 0 saturated heterocycles. The standard InChI is InChI=1S/C22H22N2O/c1-24(2)21-14-8-17(9-15-21)16-23-22(25)20-12-10-19(11-13-20)18-6-4-3-5-7-18/h3-15H,16H2,1-2H3,(H,23,25). The van der Waals surface area contributed by atoms with Crippen molar-refractivity contribution in [2.45, 2.75) is 6.54 Å². The zero-order chi connectivity index (χ0) is 17.6. The van der Waals surface area contributed by atoms with E-state index in [1.165, 1.54) is 0 Å². The van der Waals surface area contributed by atoms with E-state index in [-0.39, 0.29) is 5.91 Å². The molecule has 1 amide bonds. The SMILES string of the molecule is CN(C)c1ccc(CNC(=O)c2ccc(-c3ccccc3)cc2)cc1. The second-order valence-corrected chi connectivity index (χ2v) is 6.19. The van der Waals surface area contributed by atoms with Crippen molar-refractivity contribution in [3.63, 3.8) is 0 Å². The highest BCUT2D eigenvalue weighted by Gasteiger charge is 2.06. The summed E-state index contributed by atoms with van der Waals surface area (Å²) in [6.07, 6.45) is 0. The summed E-state index contributed by atoms with van der Waals surface area (Å²) in [5.74, 6) is -0.0590. The molecule has 0 heterocycles. The van der Waals surface area contributed by atoms with Crippen molar-refractivity contribution in [1.29, 1.82) is 0 Å². The average Bonchev–Trinajstić information content (AvgIpc) is 2.67. The summed E-state index contributed by atoms with van der Waals surface area (Å²) in [7, 11) is 4.02. The number of anilines is 1. The molecule has 0 radical (unpaired) electrons. The molecule has 0 bridgehead atoms. The first-order valence-corrected chi connectivity index (χ1v) is 8.33. The molecule has 0 spiro atoms. The Hall–Kier alpha value is -3.07. The normalized spacial score (nSPS) is 10.3. The van der Waals surface area contributed by atoms with Gasteiger partial charge >= 0.3 is 0 Å². The van der Waals surface area contributed by atoms with Crippen LogP contribution >= 0.6 is 0 Å². The predicted molar refractivity (Wildman–Crippen MR) is 104 cm³/mol. The van der Waals surface area contributed by atoms with Gasteiger partial charge in [0.25, 0.3) is 5.91 Å². The van der Waals surface area contributed by atoms with Crippen LogP contribution in [0.1, 0.15) is 15.9 Å². The third-order valence-electron chi connectivity index (χ3n) is 4.16. The Balaban J connectivity index is 1.61. The Morgan fingerprint density at radius 2 is 1.40 bits per heavy atom. The van der Waals surface area contributed by atoms with Crippen LogP contribution < -0.4 is 10.2 Å². The summed E-state index contributed by atoms with van der Waals surface area (Å²) < 4.78 is 0. The molecule has 0 aliphatic rings. The number of carbonyl (C=O) groups is 1. The van der Waals surface area contributed by atoms with Gasteiger partial charge in [-0.2, -0.15) is 0 Å². The van der Waals surface area contributed by atoms with Crippen LogP contribution in [0.4, 0.5) is 5.69 Å². The largest absolute Gasteiger partial charge is 0.378 e. The van der Waals surface area contributed by atoms with Crippen molar-refractivity contribution in [3.8, 4) is 11.1 Å². The van der Waals surface area contributed by atoms with Gasteiger partial charge in [0.05, 0.1) is 0 Å². The fraction of sp³-hybridized carbons (Fsp3) is 0.136. The lowest BCUT2D eigenvalue weighted by molar-refractivity contribution is 0.0951. The second kappa shape index (κ2) is 7.67. The lowest BCUT2D eigenvalue weighted by Crippen LogP contribution is -2.22. The van der Waals surface area contributed by atoms with Gasteiger partial charge in [0.2, 0.25) is 0 Å². The van der Waals surface area contributed by atoms with E-state index >= 15 is 0 Å². The van der Waals surface area contributed by atoms with E-state index in [4.69, 9.17) is 0 Å². The molecule has 3 rings (SSSR count). The molecule has 0 aromatic heterocycles. The van der Waals surface area contributed by atoms with Crippen molar-refractivity contribution >= 4 is 11.6 Å². The summed E-state index contributed by atoms with van der Waals surface area (Å²) in [4.78, 5) is 14.4. The van der Waals surface area contributed by atoms with E-state index in [0.717, 1.165) is 22.4 Å². The molecular weight excluding hydrogens is 308 g/mol. The molecule has 126 valence electrons. The van der Waals surface area contributed by atoms with Gasteiger partial charge in [-0.3, -0.25) is 4.79 Å². The van der Waals surface area contributed by atoms with Crippen LogP contribution in [0.2, 0.25) is 0 Å². The molecular formula is C22H22N2O. The highest BCUT2D eigenvalue weighted by atomic mass is 16.1. The van der Waals surface area contributed by atoms with Crippen LogP contribution in [0, 0.1) is 0 Å². The predicted octanol–water partition coefficient (Wildman–Crippen LogP) is 4.35. The Morgan fingerprint density at radius 1 is 0.800 bits per heavy atom. The number of amides is 1. The van der Waals surface area contributed by atoms with E-state index in [0.29, 0.717) is 12.1 Å². The Bertz CT molecular complexity index is 822. The molecule has 0 saturated carbocycles. The molecule has 3 nitrogen and oxygen atoms in total. The van der Waals surface area contributed by atoms with E-state index < -0.39 is 0 Å². The molecule has 3 aromatic rings. The smallest absolute Gasteiger partial charge is 0.251 e. The third-order valence-corrected chi connectivity index (χ3v) is 4.16. The summed E-state index contributed by atoms with van der Waals surface area (Å²) in [6.45, 7) is 0.521. The van der Waals surface area contributed by atoms with Crippen LogP contribution in [-0.2, 0) is 6.54 Å². The quantitative estimate of drug-likeness (QED) is 0.754. The van der Waals surface area contributed by atoms with Gasteiger partial charge in [-0.15, -0.1) is 0 Å². The first-order valence-electron chi connectivity index (χ1n) is 8.33. The molecule has 0 aliphatic heterocycles. The zero-order valence-electron chi connectivity index (χ0n) is 14.6. The molecule has 1 N–H and O–H groups in total. The number of nitrogens with zero attached hydrogens (tertiary/aromatic N) is 1. The molecule has 25 heavy (non-hydrogen) atoms. The summed E-state index contributed by atoms with van der Waals surface area (Å²) in [5.41, 5.74) is 5.16. The highest BCUT2D eigenvalue weighted by Crippen LogP contribution is 2.19. The second-order valence-electron chi connectivity index (χ2n) is 6.19. The zero-order valence-corrected chi connectivity index (χ0v) is 14.6. The maximum Gasteiger partial charge on any atom is 0.251 e. The summed E-state index contributed by atoms with van der Waals surface area (Å²) in [5, 5.41) is 2.97. The van der Waals surface area contributed by atoms with Gasteiger partial charge in [-0.05, 0) is 41.0 Å². The molecule has 0 atom stereocenters. The number of rotatable bonds is 5. The van der Waals surface area contributed by atoms with Gasteiger partial charge < -0.3 is 10.2 Å². The maximum atomic E-state index is 12.3. The topological polar surface area (TPSA) is 32.3 Å². The minimum absolute atomic E-state index is 0.0590. The number of nitrogens with one attached hydrogen (secondary N) is 1. The average molecular weight is 330 g/mol. The Morgan fingerprint density at radius 3 is 2.00 bits per heavy atom. The van der Waals surface area contributed by atoms with Crippen LogP contribution in [0.15, 0.2) is 78.9 Å². The minimum atomic E-state index is -0.0590. The van der Waals surface area contributed by atoms with Crippen LogP contribution in [0.25, 0.3) is 11.1 Å². The molecule has 3 aromatic carbocycles. The molecule has 0 aliphatic carbocycles. The van der Waals surface area contributed by atoms with E-state index in [2.05, 4.69) is 34.5 Å². The third kappa shape index (κ3) is 4.27. The molecule has 3 heteroatoms. The first-order chi connectivity index (χ1) is 12.1. The van der Waals surface area contributed by atoms with Crippen LogP contribution in [0.3, 0.4) is 0 Å². The summed E-state index contributed by atoms with van der Waals surface area (Å²) in [6, 6.07) is 26.0. The fourth-order valence-electron chi connectivity index (χ4n) is 2.64. The van der Waals surface area contributed by atoms with Gasteiger partial charge in [-0.1, -0.05) is 54.6 Å². The minimum Gasteiger partial charge on any atom is -0.378 e. The van der Waals surface area contributed by atoms with Crippen LogP contribution in [-0.4, -0.2) is 20.0 Å². The Kier molecular flexibility index (Phi) is 5.14. The van der Waals surface area contributed by atoms with Gasteiger partial charge in [0.15, 0.2) is 0 Å². The lowest BCUT2D eigenvalue weighted by atomic mass is 10.0. The van der Waals surface area contributed by atoms with Crippen molar-refractivity contribution in [2.24, 2.45) is 0 Å². The van der Waals surface area contributed by atoms with Crippen LogP contribution in [0.5, 0.6) is 0 Å². The maximum absolute atomic E-state index is 12.3. The Labute approximate surface area is 148 Å². The number of carbonyl (C=O) groups excluding carboxylic acids is 1. The van der Waals surface area contributed by atoms with Crippen molar-refractivity contribution in [1.82, 2.24) is 5.32 Å². The molecule has 0 unspecified atom stereocenters. The van der Waals surface area contributed by atoms with Gasteiger partial charge in [-0.25, -0.2) is 0 Å². The summed E-state index contributed by atoms with van der Waals surface area (Å²) >= 11 is 0. The van der Waals surface area contributed by atoms with Crippen molar-refractivity contribution in [2.75, 3.05) is 19.0 Å². The number of hydrogen-bond acceptors (Lipinski definition) is 2. The molecule has 0 fully saturated rings. The number of hydrogen-bond donors (Lipinski definition) is 1. The van der Waals surface area contributed by atoms with E-state index in [9.17, 15) is 4.79 Å². The number of benzene rings is 3. The van der Waals surface area contributed by atoms with E-state index in [1.54, 1.807) is 0 Å². The van der Waals surface area contributed by atoms with Gasteiger partial charge in [0, 0.05) is 31.9 Å².